The molecule has 0 aromatic carbocycles. The largest absolute Gasteiger partial charge is 0.348 e. The van der Waals surface area contributed by atoms with E-state index in [0.29, 0.717) is 0 Å². The lowest BCUT2D eigenvalue weighted by Crippen LogP contribution is -2.33. The first-order chi connectivity index (χ1) is 7.33. The third-order valence-electron chi connectivity index (χ3n) is 3.09. The molecule has 0 spiro atoms. The van der Waals surface area contributed by atoms with E-state index in [-0.39, 0.29) is 0 Å². The SMILES string of the molecule is CCC1CCN(c2ncc(C=O)s2)CC1. The van der Waals surface area contributed by atoms with Crippen LogP contribution in [0.25, 0.3) is 0 Å². The maximum absolute atomic E-state index is 10.6. The molecule has 82 valence electrons. The van der Waals surface area contributed by atoms with E-state index in [4.69, 9.17) is 0 Å². The van der Waals surface area contributed by atoms with Crippen molar-refractivity contribution in [1.29, 1.82) is 0 Å². The summed E-state index contributed by atoms with van der Waals surface area (Å²) in [5, 5.41) is 1.01. The Kier molecular flexibility index (Phi) is 3.36. The highest BCUT2D eigenvalue weighted by Crippen LogP contribution is 2.27. The minimum Gasteiger partial charge on any atom is -0.348 e. The second-order valence-electron chi connectivity index (χ2n) is 4.00. The monoisotopic (exact) mass is 224 g/mol. The van der Waals surface area contributed by atoms with Crippen LogP contribution in [0, 0.1) is 5.92 Å². The number of rotatable bonds is 3. The van der Waals surface area contributed by atoms with Gasteiger partial charge in [-0.1, -0.05) is 24.7 Å². The highest BCUT2D eigenvalue weighted by molar-refractivity contribution is 7.17. The van der Waals surface area contributed by atoms with E-state index >= 15 is 0 Å². The number of carbonyl (C=O) groups excluding carboxylic acids is 1. The van der Waals surface area contributed by atoms with Crippen molar-refractivity contribution in [3.8, 4) is 0 Å². The second kappa shape index (κ2) is 4.75. The van der Waals surface area contributed by atoms with Crippen LogP contribution in [-0.4, -0.2) is 24.4 Å². The van der Waals surface area contributed by atoms with Gasteiger partial charge in [-0.2, -0.15) is 0 Å². The Bertz CT molecular complexity index is 329. The van der Waals surface area contributed by atoms with Crippen LogP contribution in [0.2, 0.25) is 0 Å². The Morgan fingerprint density at radius 3 is 2.87 bits per heavy atom. The summed E-state index contributed by atoms with van der Waals surface area (Å²) >= 11 is 1.49. The van der Waals surface area contributed by atoms with Gasteiger partial charge in [-0.25, -0.2) is 4.98 Å². The Morgan fingerprint density at radius 2 is 2.33 bits per heavy atom. The summed E-state index contributed by atoms with van der Waals surface area (Å²) in [6.07, 6.45) is 6.34. The molecule has 0 N–H and O–H groups in total. The molecule has 1 aliphatic heterocycles. The van der Waals surface area contributed by atoms with Crippen LogP contribution in [0.3, 0.4) is 0 Å². The van der Waals surface area contributed by atoms with Crippen molar-refractivity contribution in [3.05, 3.63) is 11.1 Å². The van der Waals surface area contributed by atoms with Gasteiger partial charge in [0.05, 0.1) is 11.1 Å². The minimum atomic E-state index is 0.725. The summed E-state index contributed by atoms with van der Waals surface area (Å²) in [5.41, 5.74) is 0. The molecule has 1 saturated heterocycles. The van der Waals surface area contributed by atoms with Crippen molar-refractivity contribution in [1.82, 2.24) is 4.98 Å². The average Bonchev–Trinajstić information content (AvgIpc) is 2.78. The van der Waals surface area contributed by atoms with Crippen LogP contribution in [0.4, 0.5) is 5.13 Å². The van der Waals surface area contributed by atoms with Crippen molar-refractivity contribution in [2.75, 3.05) is 18.0 Å². The van der Waals surface area contributed by atoms with E-state index in [0.717, 1.165) is 35.3 Å². The van der Waals surface area contributed by atoms with Crippen LogP contribution >= 0.6 is 11.3 Å². The van der Waals surface area contributed by atoms with Gasteiger partial charge >= 0.3 is 0 Å². The smallest absolute Gasteiger partial charge is 0.185 e. The van der Waals surface area contributed by atoms with Crippen molar-refractivity contribution in [2.45, 2.75) is 26.2 Å². The quantitative estimate of drug-likeness (QED) is 0.740. The number of aldehydes is 1. The molecular weight excluding hydrogens is 208 g/mol. The van der Waals surface area contributed by atoms with Gasteiger partial charge in [-0.3, -0.25) is 4.79 Å². The van der Waals surface area contributed by atoms with E-state index in [9.17, 15) is 4.79 Å². The zero-order valence-corrected chi connectivity index (χ0v) is 9.80. The predicted molar refractivity (Wildman–Crippen MR) is 62.7 cm³/mol. The molecule has 0 amide bonds. The van der Waals surface area contributed by atoms with Crippen LogP contribution in [0.5, 0.6) is 0 Å². The Morgan fingerprint density at radius 1 is 1.60 bits per heavy atom. The lowest BCUT2D eigenvalue weighted by atomic mass is 9.95. The first-order valence-electron chi connectivity index (χ1n) is 5.49. The van der Waals surface area contributed by atoms with E-state index in [2.05, 4.69) is 16.8 Å². The van der Waals surface area contributed by atoms with E-state index < -0.39 is 0 Å². The van der Waals surface area contributed by atoms with Crippen molar-refractivity contribution in [3.63, 3.8) is 0 Å². The van der Waals surface area contributed by atoms with Gasteiger partial charge in [0.15, 0.2) is 11.4 Å². The van der Waals surface area contributed by atoms with E-state index in [1.165, 1.54) is 30.6 Å². The first-order valence-corrected chi connectivity index (χ1v) is 6.31. The molecule has 1 fully saturated rings. The van der Waals surface area contributed by atoms with Crippen molar-refractivity contribution < 1.29 is 4.79 Å². The van der Waals surface area contributed by atoms with Crippen LogP contribution in [0.15, 0.2) is 6.20 Å². The maximum atomic E-state index is 10.6. The first kappa shape index (κ1) is 10.6. The van der Waals surface area contributed by atoms with E-state index in [1.54, 1.807) is 6.20 Å². The van der Waals surface area contributed by atoms with Crippen LogP contribution in [-0.2, 0) is 0 Å². The normalized spacial score (nSPS) is 18.1. The van der Waals surface area contributed by atoms with Crippen molar-refractivity contribution in [2.24, 2.45) is 5.92 Å². The highest BCUT2D eigenvalue weighted by atomic mass is 32.1. The molecule has 0 aliphatic carbocycles. The molecule has 3 nitrogen and oxygen atoms in total. The lowest BCUT2D eigenvalue weighted by Gasteiger charge is -2.31. The number of piperidine rings is 1. The van der Waals surface area contributed by atoms with Gasteiger partial charge in [0.25, 0.3) is 0 Å². The molecule has 2 heterocycles. The molecule has 4 heteroatoms. The lowest BCUT2D eigenvalue weighted by molar-refractivity contribution is 0.112. The molecule has 2 rings (SSSR count). The average molecular weight is 224 g/mol. The summed E-state index contributed by atoms with van der Waals surface area (Å²) in [4.78, 5) is 17.8. The molecule has 15 heavy (non-hydrogen) atoms. The van der Waals surface area contributed by atoms with Gasteiger partial charge < -0.3 is 4.90 Å². The molecule has 1 aromatic heterocycles. The Balaban J connectivity index is 1.97. The standard InChI is InChI=1S/C11H16N2OS/c1-2-9-3-5-13(6-4-9)11-12-7-10(8-14)15-11/h7-9H,2-6H2,1H3. The third-order valence-corrected chi connectivity index (χ3v) is 4.07. The zero-order chi connectivity index (χ0) is 10.7. The number of carbonyl (C=O) groups is 1. The van der Waals surface area contributed by atoms with E-state index in [1.807, 2.05) is 0 Å². The maximum Gasteiger partial charge on any atom is 0.185 e. The molecule has 1 aliphatic rings. The van der Waals surface area contributed by atoms with Gasteiger partial charge in [0, 0.05) is 13.1 Å². The summed E-state index contributed by atoms with van der Waals surface area (Å²) in [6, 6.07) is 0. The summed E-state index contributed by atoms with van der Waals surface area (Å²) in [6.45, 7) is 4.43. The Hall–Kier alpha value is -0.900. The second-order valence-corrected chi connectivity index (χ2v) is 5.04. The molecule has 0 saturated carbocycles. The summed E-state index contributed by atoms with van der Waals surface area (Å²) in [7, 11) is 0. The van der Waals surface area contributed by atoms with Crippen LogP contribution < -0.4 is 4.90 Å². The number of anilines is 1. The summed E-state index contributed by atoms with van der Waals surface area (Å²) < 4.78 is 0. The molecule has 0 atom stereocenters. The minimum absolute atomic E-state index is 0.725. The van der Waals surface area contributed by atoms with Gasteiger partial charge in [-0.05, 0) is 18.8 Å². The summed E-state index contributed by atoms with van der Waals surface area (Å²) in [5.74, 6) is 0.881. The number of nitrogens with zero attached hydrogens (tertiary/aromatic N) is 2. The molecular formula is C11H16N2OS. The number of hydrogen-bond donors (Lipinski definition) is 0. The van der Waals surface area contributed by atoms with Gasteiger partial charge in [0.1, 0.15) is 0 Å². The van der Waals surface area contributed by atoms with Crippen LogP contribution in [0.1, 0.15) is 35.9 Å². The zero-order valence-electron chi connectivity index (χ0n) is 8.98. The molecule has 0 bridgehead atoms. The Labute approximate surface area is 94.1 Å². The molecule has 0 radical (unpaired) electrons. The third kappa shape index (κ3) is 2.37. The fourth-order valence-electron chi connectivity index (χ4n) is 2.01. The fourth-order valence-corrected chi connectivity index (χ4v) is 2.79. The number of thiazole rings is 1. The fraction of sp³-hybridized carbons (Fsp3) is 0.636. The van der Waals surface area contributed by atoms with Gasteiger partial charge in [-0.15, -0.1) is 0 Å². The van der Waals surface area contributed by atoms with Crippen molar-refractivity contribution >= 4 is 22.8 Å². The molecule has 0 unspecified atom stereocenters. The molecule has 1 aromatic rings. The van der Waals surface area contributed by atoms with Gasteiger partial charge in [0.2, 0.25) is 0 Å². The predicted octanol–water partition coefficient (Wildman–Crippen LogP) is 2.58. The number of aromatic nitrogens is 1. The topological polar surface area (TPSA) is 33.2 Å². The number of hydrogen-bond acceptors (Lipinski definition) is 4. The highest BCUT2D eigenvalue weighted by Gasteiger charge is 2.19.